The van der Waals surface area contributed by atoms with E-state index in [1.165, 1.54) is 0 Å². The van der Waals surface area contributed by atoms with Crippen molar-refractivity contribution in [2.45, 2.75) is 103 Å². The van der Waals surface area contributed by atoms with Crippen molar-refractivity contribution in [1.82, 2.24) is 29.7 Å². The number of piperidine rings is 2. The number of amides is 2. The molecule has 0 radical (unpaired) electrons. The second-order valence-corrected chi connectivity index (χ2v) is 18.3. The molecule has 2 N–H and O–H groups in total. The Balaban J connectivity index is 0.848. The number of benzene rings is 4. The number of imidazole rings is 2. The molecule has 6 aromatic rings. The third-order valence-corrected chi connectivity index (χ3v) is 11.9. The van der Waals surface area contributed by atoms with Gasteiger partial charge in [-0.25, -0.2) is 19.6 Å². The van der Waals surface area contributed by atoms with Crippen molar-refractivity contribution >= 4 is 33.7 Å². The van der Waals surface area contributed by atoms with E-state index < -0.39 is 11.2 Å². The van der Waals surface area contributed by atoms with E-state index in [1.807, 2.05) is 63.7 Å². The molecule has 2 aliphatic carbocycles. The second-order valence-electron chi connectivity index (χ2n) is 18.3. The van der Waals surface area contributed by atoms with E-state index in [1.54, 1.807) is 0 Å². The molecule has 1 unspecified atom stereocenters. The summed E-state index contributed by atoms with van der Waals surface area (Å²) >= 11 is 0. The summed E-state index contributed by atoms with van der Waals surface area (Å²) in [6.07, 6.45) is 7.24. The van der Waals surface area contributed by atoms with Gasteiger partial charge in [0.25, 0.3) is 0 Å². The number of ether oxygens (including phenoxy) is 2. The van der Waals surface area contributed by atoms with Gasteiger partial charge in [-0.1, -0.05) is 48.5 Å². The molecule has 10 heteroatoms. The molecule has 4 aliphatic rings. The first-order valence-corrected chi connectivity index (χ1v) is 20.0. The van der Waals surface area contributed by atoms with Gasteiger partial charge in [0.15, 0.2) is 0 Å². The summed E-state index contributed by atoms with van der Waals surface area (Å²) in [4.78, 5) is 46.7. The number of likely N-dealkylation sites (tertiary alicyclic amines) is 2. The number of aromatic nitrogens is 4. The van der Waals surface area contributed by atoms with Crippen LogP contribution in [-0.4, -0.2) is 65.2 Å². The molecule has 4 fully saturated rings. The summed E-state index contributed by atoms with van der Waals surface area (Å²) in [6, 6.07) is 26.5. The predicted octanol–water partition coefficient (Wildman–Crippen LogP) is 10.6. The van der Waals surface area contributed by atoms with Crippen molar-refractivity contribution in [3.8, 4) is 33.6 Å². The van der Waals surface area contributed by atoms with E-state index in [-0.39, 0.29) is 36.4 Å². The summed E-state index contributed by atoms with van der Waals surface area (Å²) < 4.78 is 11.5. The van der Waals surface area contributed by atoms with E-state index in [2.05, 4.69) is 82.8 Å². The van der Waals surface area contributed by atoms with Crippen molar-refractivity contribution in [3.05, 3.63) is 96.8 Å². The molecule has 10 nitrogen and oxygen atoms in total. The van der Waals surface area contributed by atoms with Crippen molar-refractivity contribution in [1.29, 1.82) is 0 Å². The van der Waals surface area contributed by atoms with Gasteiger partial charge in [-0.15, -0.1) is 0 Å². The fourth-order valence-corrected chi connectivity index (χ4v) is 9.04. The van der Waals surface area contributed by atoms with E-state index in [0.717, 1.165) is 92.5 Å². The molecule has 0 bridgehead atoms. The number of hydrogen-bond acceptors (Lipinski definition) is 6. The summed E-state index contributed by atoms with van der Waals surface area (Å²) in [5.41, 5.74) is 5.14. The highest BCUT2D eigenvalue weighted by Gasteiger charge is 2.57. The van der Waals surface area contributed by atoms with Gasteiger partial charge in [0.1, 0.15) is 22.9 Å². The quantitative estimate of drug-likeness (QED) is 0.181. The normalized spacial score (nSPS) is 24.0. The molecule has 2 saturated heterocycles. The molecular weight excluding hydrogens is 701 g/mol. The summed E-state index contributed by atoms with van der Waals surface area (Å²) in [6.45, 7) is 11.5. The first kappa shape index (κ1) is 34.8. The molecule has 2 saturated carbocycles. The van der Waals surface area contributed by atoms with Gasteiger partial charge < -0.3 is 19.4 Å². The Labute approximate surface area is 326 Å². The van der Waals surface area contributed by atoms with Gasteiger partial charge in [0.2, 0.25) is 0 Å². The fourth-order valence-electron chi connectivity index (χ4n) is 9.04. The number of rotatable bonds is 5. The second kappa shape index (κ2) is 12.4. The minimum atomic E-state index is -0.537. The van der Waals surface area contributed by atoms with E-state index in [0.29, 0.717) is 11.8 Å². The summed E-state index contributed by atoms with van der Waals surface area (Å²) in [7, 11) is 0. The number of nitrogens with zero attached hydrogens (tertiary/aromatic N) is 4. The summed E-state index contributed by atoms with van der Waals surface area (Å²) in [5.74, 6) is 2.69. The van der Waals surface area contributed by atoms with Crippen LogP contribution in [0.15, 0.2) is 85.2 Å². The van der Waals surface area contributed by atoms with Crippen LogP contribution in [0.5, 0.6) is 0 Å². The minimum Gasteiger partial charge on any atom is -0.444 e. The highest BCUT2D eigenvalue weighted by Crippen LogP contribution is 2.54. The Morgan fingerprint density at radius 1 is 0.625 bits per heavy atom. The standard InChI is InChI=1S/C46H48N6O4/c1-45(2,3)55-43(53)51-37-19-33(37)21-39(51)41-47-23-35(49-41)31-13-11-27-15-25(7-9-29(27)17-31)26-8-10-30-18-32(14-12-28(30)16-26)36-24-48-42(50-36)40-22-34-20-38(34)52(40)44(54)56-46(4,5)6/h7-18,23-24,33-34,37-40H,19-22H2,1-6H3,(H,47,49)(H,48,50)/t33-,34-,37-,38-,39+,40?/m1/s1. The lowest BCUT2D eigenvalue weighted by atomic mass is 9.97. The van der Waals surface area contributed by atoms with Gasteiger partial charge in [0, 0.05) is 29.4 Å². The lowest BCUT2D eigenvalue weighted by Crippen LogP contribution is -2.38. The van der Waals surface area contributed by atoms with Crippen LogP contribution in [0.1, 0.15) is 91.0 Å². The van der Waals surface area contributed by atoms with Crippen LogP contribution in [0.3, 0.4) is 0 Å². The topological polar surface area (TPSA) is 116 Å². The Bertz CT molecular complexity index is 2360. The maximum Gasteiger partial charge on any atom is 0.411 e. The highest BCUT2D eigenvalue weighted by molar-refractivity contribution is 5.94. The maximum atomic E-state index is 13.1. The number of H-pyrrole nitrogens is 2. The lowest BCUT2D eigenvalue weighted by molar-refractivity contribution is 0.0164. The molecule has 4 heterocycles. The van der Waals surface area contributed by atoms with Crippen molar-refractivity contribution in [2.75, 3.05) is 0 Å². The van der Waals surface area contributed by atoms with Crippen LogP contribution in [0.25, 0.3) is 55.2 Å². The molecule has 10 rings (SSSR count). The molecule has 2 aromatic heterocycles. The average Bonchev–Trinajstić information content (AvgIpc) is 3.73. The zero-order valence-corrected chi connectivity index (χ0v) is 32.8. The number of fused-ring (bicyclic) bond motifs is 4. The van der Waals surface area contributed by atoms with E-state index in [9.17, 15) is 9.59 Å². The molecule has 286 valence electrons. The largest absolute Gasteiger partial charge is 0.444 e. The van der Waals surface area contributed by atoms with Gasteiger partial charge in [0.05, 0.1) is 29.7 Å². The van der Waals surface area contributed by atoms with E-state index in [4.69, 9.17) is 19.4 Å². The molecule has 2 amide bonds. The predicted molar refractivity (Wildman–Crippen MR) is 217 cm³/mol. The molecule has 0 spiro atoms. The van der Waals surface area contributed by atoms with Crippen LogP contribution in [0, 0.1) is 11.8 Å². The van der Waals surface area contributed by atoms with Crippen LogP contribution in [-0.2, 0) is 9.47 Å². The maximum absolute atomic E-state index is 13.1. The molecule has 2 aliphatic heterocycles. The van der Waals surface area contributed by atoms with Crippen LogP contribution >= 0.6 is 0 Å². The van der Waals surface area contributed by atoms with Crippen LogP contribution in [0.4, 0.5) is 9.59 Å². The number of nitrogens with one attached hydrogen (secondary N) is 2. The molecule has 4 aromatic carbocycles. The van der Waals surface area contributed by atoms with Gasteiger partial charge in [-0.2, -0.15) is 0 Å². The Kier molecular flexibility index (Phi) is 7.73. The first-order valence-electron chi connectivity index (χ1n) is 20.0. The third kappa shape index (κ3) is 6.38. The SMILES string of the molecule is CC(C)(C)OC(=O)N1C(c2nc(-c3ccc4cc(-c5ccc6cc(-c7cnc([C@@H]8C[C@H]9C[C@H]9N8C(=O)OC(C)(C)C)[nH]7)ccc6c5)ccc4c3)c[nH]2)C[C@H]2C[C@H]21. The van der Waals surface area contributed by atoms with E-state index >= 15 is 0 Å². The number of carbonyl (C=O) groups excluding carboxylic acids is 2. The Hall–Kier alpha value is -5.64. The summed E-state index contributed by atoms with van der Waals surface area (Å²) in [5, 5.41) is 4.60. The van der Waals surface area contributed by atoms with Gasteiger partial charge in [-0.05, 0) is 136 Å². The lowest BCUT2D eigenvalue weighted by Gasteiger charge is -2.29. The first-order chi connectivity index (χ1) is 26.7. The smallest absolute Gasteiger partial charge is 0.411 e. The molecule has 56 heavy (non-hydrogen) atoms. The minimum absolute atomic E-state index is 0.0945. The van der Waals surface area contributed by atoms with Gasteiger partial charge >= 0.3 is 12.2 Å². The van der Waals surface area contributed by atoms with Crippen molar-refractivity contribution < 1.29 is 19.1 Å². The fraction of sp³-hybridized carbons (Fsp3) is 0.391. The van der Waals surface area contributed by atoms with Crippen molar-refractivity contribution in [3.63, 3.8) is 0 Å². The number of hydrogen-bond donors (Lipinski definition) is 2. The molecular formula is C46H48N6O4. The number of aromatic amines is 2. The monoisotopic (exact) mass is 748 g/mol. The molecule has 6 atom stereocenters. The van der Waals surface area contributed by atoms with Gasteiger partial charge in [-0.3, -0.25) is 9.80 Å². The number of carbonyl (C=O) groups is 2. The Morgan fingerprint density at radius 3 is 1.62 bits per heavy atom. The van der Waals surface area contributed by atoms with Crippen LogP contribution in [0.2, 0.25) is 0 Å². The third-order valence-electron chi connectivity index (χ3n) is 11.9. The van der Waals surface area contributed by atoms with Crippen LogP contribution < -0.4 is 0 Å². The average molecular weight is 749 g/mol. The highest BCUT2D eigenvalue weighted by atomic mass is 16.6. The Morgan fingerprint density at radius 2 is 1.09 bits per heavy atom. The zero-order chi connectivity index (χ0) is 38.7. The zero-order valence-electron chi connectivity index (χ0n) is 32.8. The van der Waals surface area contributed by atoms with Crippen molar-refractivity contribution in [2.24, 2.45) is 11.8 Å².